The minimum Gasteiger partial charge on any atom is -0.343 e. The number of halogens is 2. The molecule has 0 fully saturated rings. The molecule has 2 aromatic carbocycles. The minimum atomic E-state index is -0.799. The molecule has 0 atom stereocenters. The van der Waals surface area contributed by atoms with Crippen molar-refractivity contribution < 1.29 is 9.18 Å². The Bertz CT molecular complexity index is 692. The molecule has 0 saturated heterocycles. The molecule has 1 amide bonds. The van der Waals surface area contributed by atoms with E-state index in [2.05, 4.69) is 5.32 Å². The summed E-state index contributed by atoms with van der Waals surface area (Å²) in [5, 5.41) is 3.44. The fourth-order valence-corrected chi connectivity index (χ4v) is 2.26. The molecular formula is C18H17ClFNO. The van der Waals surface area contributed by atoms with Gasteiger partial charge in [0, 0.05) is 16.7 Å². The SMILES string of the molecule is CC(C)(NC(=O)/C=C/c1ccc(Cl)cc1)c1ccccc1F. The molecule has 0 saturated carbocycles. The first-order valence-electron chi connectivity index (χ1n) is 6.89. The Morgan fingerprint density at radius 2 is 1.77 bits per heavy atom. The Morgan fingerprint density at radius 3 is 2.41 bits per heavy atom. The second-order valence-corrected chi connectivity index (χ2v) is 5.92. The lowest BCUT2D eigenvalue weighted by Gasteiger charge is -2.26. The summed E-state index contributed by atoms with van der Waals surface area (Å²) < 4.78 is 13.8. The first-order valence-corrected chi connectivity index (χ1v) is 7.27. The van der Waals surface area contributed by atoms with Gasteiger partial charge in [0.1, 0.15) is 5.82 Å². The number of carbonyl (C=O) groups is 1. The summed E-state index contributed by atoms with van der Waals surface area (Å²) in [4.78, 5) is 12.0. The first-order chi connectivity index (χ1) is 10.4. The van der Waals surface area contributed by atoms with Gasteiger partial charge >= 0.3 is 0 Å². The maximum absolute atomic E-state index is 13.8. The quantitative estimate of drug-likeness (QED) is 0.824. The fourth-order valence-electron chi connectivity index (χ4n) is 2.13. The molecule has 0 spiro atoms. The lowest BCUT2D eigenvalue weighted by atomic mass is 9.93. The predicted octanol–water partition coefficient (Wildman–Crippen LogP) is 4.54. The van der Waals surface area contributed by atoms with Crippen LogP contribution < -0.4 is 5.32 Å². The Balaban J connectivity index is 2.08. The van der Waals surface area contributed by atoms with Gasteiger partial charge in [-0.2, -0.15) is 0 Å². The number of carbonyl (C=O) groups excluding carboxylic acids is 1. The zero-order chi connectivity index (χ0) is 16.2. The normalized spacial score (nSPS) is 11.6. The van der Waals surface area contributed by atoms with Crippen molar-refractivity contribution in [2.24, 2.45) is 0 Å². The van der Waals surface area contributed by atoms with Crippen molar-refractivity contribution in [2.45, 2.75) is 19.4 Å². The second kappa shape index (κ2) is 6.75. The smallest absolute Gasteiger partial charge is 0.244 e. The molecule has 4 heteroatoms. The van der Waals surface area contributed by atoms with E-state index in [0.29, 0.717) is 10.6 Å². The zero-order valence-corrected chi connectivity index (χ0v) is 13.2. The van der Waals surface area contributed by atoms with Crippen LogP contribution in [0.4, 0.5) is 4.39 Å². The topological polar surface area (TPSA) is 29.1 Å². The van der Waals surface area contributed by atoms with Crippen molar-refractivity contribution in [1.82, 2.24) is 5.32 Å². The Hall–Kier alpha value is -2.13. The van der Waals surface area contributed by atoms with Gasteiger partial charge in [-0.3, -0.25) is 4.79 Å². The molecule has 22 heavy (non-hydrogen) atoms. The standard InChI is InChI=1S/C18H17ClFNO/c1-18(2,15-5-3-4-6-16(15)20)21-17(22)12-9-13-7-10-14(19)11-8-13/h3-12H,1-2H3,(H,21,22)/b12-9+. The van der Waals surface area contributed by atoms with Crippen molar-refractivity contribution in [1.29, 1.82) is 0 Å². The van der Waals surface area contributed by atoms with Crippen LogP contribution in [0.5, 0.6) is 0 Å². The van der Waals surface area contributed by atoms with Crippen LogP contribution >= 0.6 is 11.6 Å². The van der Waals surface area contributed by atoms with Crippen molar-refractivity contribution in [3.8, 4) is 0 Å². The van der Waals surface area contributed by atoms with Crippen LogP contribution in [0.1, 0.15) is 25.0 Å². The van der Waals surface area contributed by atoms with Crippen LogP contribution in [0.25, 0.3) is 6.08 Å². The van der Waals surface area contributed by atoms with Gasteiger partial charge in [-0.1, -0.05) is 41.9 Å². The van der Waals surface area contributed by atoms with Gasteiger partial charge in [0.2, 0.25) is 5.91 Å². The van der Waals surface area contributed by atoms with Gasteiger partial charge in [0.05, 0.1) is 5.54 Å². The highest BCUT2D eigenvalue weighted by molar-refractivity contribution is 6.30. The minimum absolute atomic E-state index is 0.289. The van der Waals surface area contributed by atoms with Gasteiger partial charge in [0.15, 0.2) is 0 Å². The summed E-state index contributed by atoms with van der Waals surface area (Å²) in [6.45, 7) is 3.53. The third-order valence-electron chi connectivity index (χ3n) is 3.28. The predicted molar refractivity (Wildman–Crippen MR) is 88.1 cm³/mol. The fraction of sp³-hybridized carbons (Fsp3) is 0.167. The average molecular weight is 318 g/mol. The molecule has 0 heterocycles. The lowest BCUT2D eigenvalue weighted by molar-refractivity contribution is -0.118. The molecule has 0 radical (unpaired) electrons. The highest BCUT2D eigenvalue weighted by atomic mass is 35.5. The molecule has 114 valence electrons. The van der Waals surface area contributed by atoms with Gasteiger partial charge in [-0.25, -0.2) is 4.39 Å². The summed E-state index contributed by atoms with van der Waals surface area (Å²) in [5.74, 6) is -0.627. The molecule has 2 nitrogen and oxygen atoms in total. The van der Waals surface area contributed by atoms with E-state index in [0.717, 1.165) is 5.56 Å². The van der Waals surface area contributed by atoms with E-state index in [1.807, 2.05) is 12.1 Å². The molecule has 0 unspecified atom stereocenters. The summed E-state index contributed by atoms with van der Waals surface area (Å²) in [5.41, 5.74) is 0.513. The van der Waals surface area contributed by atoms with Crippen LogP contribution in [0.2, 0.25) is 5.02 Å². The molecule has 0 bridgehead atoms. The van der Waals surface area contributed by atoms with Gasteiger partial charge < -0.3 is 5.32 Å². The summed E-state index contributed by atoms with van der Waals surface area (Å²) in [6.07, 6.45) is 3.11. The molecule has 2 rings (SSSR count). The lowest BCUT2D eigenvalue weighted by Crippen LogP contribution is -2.40. The number of nitrogens with one attached hydrogen (secondary N) is 1. The number of hydrogen-bond acceptors (Lipinski definition) is 1. The number of amides is 1. The van der Waals surface area contributed by atoms with E-state index in [9.17, 15) is 9.18 Å². The summed E-state index contributed by atoms with van der Waals surface area (Å²) in [6, 6.07) is 13.5. The van der Waals surface area contributed by atoms with E-state index in [4.69, 9.17) is 11.6 Å². The van der Waals surface area contributed by atoms with Crippen molar-refractivity contribution in [3.63, 3.8) is 0 Å². The Labute approximate surface area is 134 Å². The van der Waals surface area contributed by atoms with Gasteiger partial charge in [0.25, 0.3) is 0 Å². The zero-order valence-electron chi connectivity index (χ0n) is 12.4. The van der Waals surface area contributed by atoms with Gasteiger partial charge in [-0.05, 0) is 43.7 Å². The Morgan fingerprint density at radius 1 is 1.14 bits per heavy atom. The van der Waals surface area contributed by atoms with Crippen molar-refractivity contribution in [3.05, 3.63) is 76.6 Å². The van der Waals surface area contributed by atoms with Crippen LogP contribution in [0, 0.1) is 5.82 Å². The van der Waals surface area contributed by atoms with E-state index in [-0.39, 0.29) is 11.7 Å². The third kappa shape index (κ3) is 4.18. The van der Waals surface area contributed by atoms with Crippen LogP contribution in [0.15, 0.2) is 54.6 Å². The summed E-state index contributed by atoms with van der Waals surface area (Å²) in [7, 11) is 0. The number of rotatable bonds is 4. The highest BCUT2D eigenvalue weighted by Gasteiger charge is 2.24. The maximum atomic E-state index is 13.8. The number of hydrogen-bond donors (Lipinski definition) is 1. The van der Waals surface area contributed by atoms with E-state index in [1.54, 1.807) is 50.3 Å². The molecule has 0 aliphatic rings. The summed E-state index contributed by atoms with van der Waals surface area (Å²) >= 11 is 5.81. The molecule has 0 aromatic heterocycles. The van der Waals surface area contributed by atoms with E-state index < -0.39 is 5.54 Å². The highest BCUT2D eigenvalue weighted by Crippen LogP contribution is 2.22. The Kier molecular flexibility index (Phi) is 4.99. The van der Waals surface area contributed by atoms with Crippen molar-refractivity contribution in [2.75, 3.05) is 0 Å². The van der Waals surface area contributed by atoms with Crippen LogP contribution in [0.3, 0.4) is 0 Å². The molecule has 2 aromatic rings. The molecule has 1 N–H and O–H groups in total. The van der Waals surface area contributed by atoms with Gasteiger partial charge in [-0.15, -0.1) is 0 Å². The maximum Gasteiger partial charge on any atom is 0.244 e. The van der Waals surface area contributed by atoms with Crippen molar-refractivity contribution >= 4 is 23.6 Å². The molecule has 0 aliphatic heterocycles. The monoisotopic (exact) mass is 317 g/mol. The second-order valence-electron chi connectivity index (χ2n) is 5.48. The van der Waals surface area contributed by atoms with Crippen LogP contribution in [-0.4, -0.2) is 5.91 Å². The van der Waals surface area contributed by atoms with E-state index in [1.165, 1.54) is 12.1 Å². The number of benzene rings is 2. The van der Waals surface area contributed by atoms with Crippen LogP contribution in [-0.2, 0) is 10.3 Å². The first kappa shape index (κ1) is 16.2. The largest absolute Gasteiger partial charge is 0.343 e. The average Bonchev–Trinajstić information content (AvgIpc) is 2.46. The van der Waals surface area contributed by atoms with E-state index >= 15 is 0 Å². The third-order valence-corrected chi connectivity index (χ3v) is 3.53. The molecule has 0 aliphatic carbocycles. The molecular weight excluding hydrogens is 301 g/mol.